The van der Waals surface area contributed by atoms with E-state index in [1.165, 1.54) is 6.07 Å². The number of halogens is 1. The monoisotopic (exact) mass is 343 g/mol. The van der Waals surface area contributed by atoms with Gasteiger partial charge in [-0.3, -0.25) is 4.68 Å². The highest BCUT2D eigenvalue weighted by Gasteiger charge is 2.12. The lowest BCUT2D eigenvalue weighted by molar-refractivity contribution is 0.347. The van der Waals surface area contributed by atoms with Crippen LogP contribution in [0.3, 0.4) is 0 Å². The van der Waals surface area contributed by atoms with E-state index in [1.54, 1.807) is 18.2 Å². The average molecular weight is 343 g/mol. The van der Waals surface area contributed by atoms with Crippen molar-refractivity contribution in [2.24, 2.45) is 0 Å². The molecule has 0 aliphatic carbocycles. The van der Waals surface area contributed by atoms with Gasteiger partial charge in [-0.2, -0.15) is 10.1 Å². The van der Waals surface area contributed by atoms with E-state index >= 15 is 0 Å². The van der Waals surface area contributed by atoms with Gasteiger partial charge in [-0.1, -0.05) is 23.4 Å². The van der Waals surface area contributed by atoms with E-state index in [9.17, 15) is 4.39 Å². The topological polar surface area (TPSA) is 68.8 Å². The Hall–Kier alpha value is -2.54. The highest BCUT2D eigenvalue weighted by molar-refractivity contribution is 5.20. The molecule has 132 valence electrons. The van der Waals surface area contributed by atoms with Crippen LogP contribution >= 0.6 is 0 Å². The molecule has 0 bridgehead atoms. The van der Waals surface area contributed by atoms with Crippen molar-refractivity contribution in [2.75, 3.05) is 0 Å². The van der Waals surface area contributed by atoms with Gasteiger partial charge in [0.2, 0.25) is 5.89 Å². The van der Waals surface area contributed by atoms with Crippen molar-refractivity contribution >= 4 is 0 Å². The molecule has 6 nitrogen and oxygen atoms in total. The van der Waals surface area contributed by atoms with Gasteiger partial charge in [0.05, 0.1) is 18.8 Å². The van der Waals surface area contributed by atoms with E-state index in [0.717, 1.165) is 17.9 Å². The summed E-state index contributed by atoms with van der Waals surface area (Å²) in [7, 11) is 0. The maximum Gasteiger partial charge on any atom is 0.240 e. The molecule has 0 saturated carbocycles. The van der Waals surface area contributed by atoms with Gasteiger partial charge in [-0.05, 0) is 38.5 Å². The Kier molecular flexibility index (Phi) is 5.23. The molecule has 2 heterocycles. The molecular weight excluding hydrogens is 321 g/mol. The van der Waals surface area contributed by atoms with Crippen LogP contribution in [0.25, 0.3) is 0 Å². The van der Waals surface area contributed by atoms with Crippen LogP contribution in [0.1, 0.15) is 35.6 Å². The molecule has 1 aromatic carbocycles. The molecule has 25 heavy (non-hydrogen) atoms. The SMILES string of the molecule is Cc1cc(C)n(C[C@H](C)NCc2nc(Cc3ccccc3F)no2)n1. The minimum atomic E-state index is -0.259. The van der Waals surface area contributed by atoms with E-state index in [2.05, 4.69) is 33.5 Å². The molecule has 3 aromatic rings. The Labute approximate surface area is 146 Å². The Morgan fingerprint density at radius 1 is 1.28 bits per heavy atom. The molecule has 2 aromatic heterocycles. The van der Waals surface area contributed by atoms with Gasteiger partial charge in [-0.25, -0.2) is 4.39 Å². The second-order valence-corrected chi connectivity index (χ2v) is 6.26. The summed E-state index contributed by atoms with van der Waals surface area (Å²) < 4.78 is 20.9. The normalized spacial score (nSPS) is 12.5. The van der Waals surface area contributed by atoms with Crippen LogP contribution in [0, 0.1) is 19.7 Å². The third-order valence-electron chi connectivity index (χ3n) is 3.97. The van der Waals surface area contributed by atoms with Crippen LogP contribution < -0.4 is 5.32 Å². The van der Waals surface area contributed by atoms with Crippen LogP contribution in [-0.2, 0) is 19.5 Å². The second kappa shape index (κ2) is 7.57. The zero-order chi connectivity index (χ0) is 17.8. The van der Waals surface area contributed by atoms with Gasteiger partial charge in [0.1, 0.15) is 5.82 Å². The average Bonchev–Trinajstić information content (AvgIpc) is 3.14. The number of hydrogen-bond donors (Lipinski definition) is 1. The van der Waals surface area contributed by atoms with Gasteiger partial charge < -0.3 is 9.84 Å². The van der Waals surface area contributed by atoms with Gasteiger partial charge in [0.25, 0.3) is 0 Å². The number of nitrogens with one attached hydrogen (secondary N) is 1. The van der Waals surface area contributed by atoms with Crippen LogP contribution in [0.5, 0.6) is 0 Å². The lowest BCUT2D eigenvalue weighted by Crippen LogP contribution is -2.30. The highest BCUT2D eigenvalue weighted by atomic mass is 19.1. The smallest absolute Gasteiger partial charge is 0.240 e. The van der Waals surface area contributed by atoms with Crippen molar-refractivity contribution in [3.05, 3.63) is 64.8 Å². The van der Waals surface area contributed by atoms with Crippen molar-refractivity contribution in [3.8, 4) is 0 Å². The molecule has 3 rings (SSSR count). The van der Waals surface area contributed by atoms with Crippen molar-refractivity contribution < 1.29 is 8.91 Å². The Bertz CT molecular complexity index is 842. The minimum Gasteiger partial charge on any atom is -0.338 e. The summed E-state index contributed by atoms with van der Waals surface area (Å²) in [5, 5.41) is 11.7. The van der Waals surface area contributed by atoms with E-state index in [-0.39, 0.29) is 11.9 Å². The lowest BCUT2D eigenvalue weighted by atomic mass is 10.1. The summed E-state index contributed by atoms with van der Waals surface area (Å²) in [5.41, 5.74) is 2.70. The number of aromatic nitrogens is 4. The molecule has 0 saturated heterocycles. The fourth-order valence-corrected chi connectivity index (χ4v) is 2.69. The third-order valence-corrected chi connectivity index (χ3v) is 3.97. The van der Waals surface area contributed by atoms with Gasteiger partial charge in [0, 0.05) is 18.2 Å². The van der Waals surface area contributed by atoms with Crippen LogP contribution in [0.2, 0.25) is 0 Å². The van der Waals surface area contributed by atoms with Gasteiger partial charge in [-0.15, -0.1) is 0 Å². The van der Waals surface area contributed by atoms with Crippen molar-refractivity contribution in [1.82, 2.24) is 25.2 Å². The van der Waals surface area contributed by atoms with Gasteiger partial charge in [0.15, 0.2) is 5.82 Å². The zero-order valence-corrected chi connectivity index (χ0v) is 14.7. The fourth-order valence-electron chi connectivity index (χ4n) is 2.69. The summed E-state index contributed by atoms with van der Waals surface area (Å²) in [6, 6.07) is 8.86. The molecule has 1 N–H and O–H groups in total. The van der Waals surface area contributed by atoms with E-state index in [0.29, 0.717) is 30.2 Å². The predicted molar refractivity (Wildman–Crippen MR) is 91.5 cm³/mol. The Morgan fingerprint density at radius 3 is 2.80 bits per heavy atom. The molecule has 0 unspecified atom stereocenters. The Balaban J connectivity index is 1.53. The first-order valence-corrected chi connectivity index (χ1v) is 8.30. The van der Waals surface area contributed by atoms with Crippen LogP contribution in [0.15, 0.2) is 34.9 Å². The summed E-state index contributed by atoms with van der Waals surface area (Å²) in [6.45, 7) is 7.32. The molecule has 0 spiro atoms. The molecule has 7 heteroatoms. The highest BCUT2D eigenvalue weighted by Crippen LogP contribution is 2.11. The molecule has 0 fully saturated rings. The second-order valence-electron chi connectivity index (χ2n) is 6.26. The fraction of sp³-hybridized carbons (Fsp3) is 0.389. The summed E-state index contributed by atoms with van der Waals surface area (Å²) in [5.74, 6) is 0.713. The first-order valence-electron chi connectivity index (χ1n) is 8.30. The van der Waals surface area contributed by atoms with Crippen molar-refractivity contribution in [1.29, 1.82) is 0 Å². The predicted octanol–water partition coefficient (Wildman–Crippen LogP) is 2.79. The maximum absolute atomic E-state index is 13.7. The van der Waals surface area contributed by atoms with E-state index in [1.807, 2.05) is 18.5 Å². The number of benzene rings is 1. The quantitative estimate of drug-likeness (QED) is 0.714. The molecule has 0 aliphatic heterocycles. The number of aryl methyl sites for hydroxylation is 2. The first-order chi connectivity index (χ1) is 12.0. The molecular formula is C18H22FN5O. The number of nitrogens with zero attached hydrogens (tertiary/aromatic N) is 4. The molecule has 0 aliphatic rings. The largest absolute Gasteiger partial charge is 0.338 e. The zero-order valence-electron chi connectivity index (χ0n) is 14.7. The molecule has 1 atom stereocenters. The first kappa shape index (κ1) is 17.3. The van der Waals surface area contributed by atoms with E-state index in [4.69, 9.17) is 4.52 Å². The van der Waals surface area contributed by atoms with Crippen LogP contribution in [-0.4, -0.2) is 26.0 Å². The molecule has 0 radical (unpaired) electrons. The van der Waals surface area contributed by atoms with E-state index < -0.39 is 0 Å². The maximum atomic E-state index is 13.7. The summed E-state index contributed by atoms with van der Waals surface area (Å²) >= 11 is 0. The summed E-state index contributed by atoms with van der Waals surface area (Å²) in [6.07, 6.45) is 0.317. The number of rotatable bonds is 7. The standard InChI is InChI=1S/C18H22FN5O/c1-12-8-14(3)24(22-12)11-13(2)20-10-18-21-17(23-25-18)9-15-6-4-5-7-16(15)19/h4-8,13,20H,9-11H2,1-3H3/t13-/m0/s1. The minimum absolute atomic E-state index is 0.194. The Morgan fingerprint density at radius 2 is 2.08 bits per heavy atom. The van der Waals surface area contributed by atoms with Crippen molar-refractivity contribution in [2.45, 2.75) is 46.3 Å². The molecule has 0 amide bonds. The lowest BCUT2D eigenvalue weighted by Gasteiger charge is -2.13. The summed E-state index contributed by atoms with van der Waals surface area (Å²) in [4.78, 5) is 4.32. The third kappa shape index (κ3) is 4.51. The van der Waals surface area contributed by atoms with Crippen molar-refractivity contribution in [3.63, 3.8) is 0 Å². The van der Waals surface area contributed by atoms with Crippen LogP contribution in [0.4, 0.5) is 4.39 Å². The number of hydrogen-bond acceptors (Lipinski definition) is 5. The van der Waals surface area contributed by atoms with Gasteiger partial charge >= 0.3 is 0 Å².